The first kappa shape index (κ1) is 16.9. The summed E-state index contributed by atoms with van der Waals surface area (Å²) in [6.45, 7) is 3.77. The summed E-state index contributed by atoms with van der Waals surface area (Å²) >= 11 is 1.54. The molecule has 0 aliphatic carbocycles. The number of thiophene rings is 1. The van der Waals surface area contributed by atoms with Crippen LogP contribution in [0.4, 0.5) is 15.5 Å². The van der Waals surface area contributed by atoms with Crippen LogP contribution in [0, 0.1) is 5.92 Å². The lowest BCUT2D eigenvalue weighted by atomic mass is 9.92. The van der Waals surface area contributed by atoms with E-state index in [1.165, 1.54) is 0 Å². The van der Waals surface area contributed by atoms with Crippen molar-refractivity contribution in [1.29, 1.82) is 0 Å². The quantitative estimate of drug-likeness (QED) is 0.733. The minimum atomic E-state index is -0.0146. The number of anilines is 2. The van der Waals surface area contributed by atoms with Crippen LogP contribution in [0.25, 0.3) is 11.0 Å². The van der Waals surface area contributed by atoms with Crippen molar-refractivity contribution >= 4 is 39.1 Å². The molecule has 1 unspecified atom stereocenters. The van der Waals surface area contributed by atoms with Gasteiger partial charge in [-0.3, -0.25) is 5.32 Å². The average molecular weight is 369 g/mol. The number of H-pyrrole nitrogens is 1. The molecule has 0 radical (unpaired) electrons. The van der Waals surface area contributed by atoms with Crippen LogP contribution in [0.1, 0.15) is 13.3 Å². The van der Waals surface area contributed by atoms with Gasteiger partial charge in [0.1, 0.15) is 5.65 Å². The zero-order chi connectivity index (χ0) is 18.1. The second-order valence-electron chi connectivity index (χ2n) is 6.87. The Balaban J connectivity index is 1.53. The maximum absolute atomic E-state index is 12.6. The molecule has 1 fully saturated rings. The van der Waals surface area contributed by atoms with Gasteiger partial charge in [-0.1, -0.05) is 6.92 Å². The van der Waals surface area contributed by atoms with Crippen LogP contribution in [-0.4, -0.2) is 47.1 Å². The number of nitrogens with zero attached hydrogens (tertiary/aromatic N) is 3. The molecular formula is C19H23N5OS. The van der Waals surface area contributed by atoms with E-state index in [9.17, 15) is 4.79 Å². The van der Waals surface area contributed by atoms with Crippen LogP contribution in [-0.2, 0) is 0 Å². The zero-order valence-corrected chi connectivity index (χ0v) is 15.8. The Morgan fingerprint density at radius 2 is 2.31 bits per heavy atom. The molecule has 3 aromatic heterocycles. The van der Waals surface area contributed by atoms with Gasteiger partial charge in [0, 0.05) is 49.6 Å². The predicted molar refractivity (Wildman–Crippen MR) is 107 cm³/mol. The number of aromatic amines is 1. The number of aromatic nitrogens is 2. The van der Waals surface area contributed by atoms with Crippen molar-refractivity contribution in [2.75, 3.05) is 30.4 Å². The third-order valence-corrected chi connectivity index (χ3v) is 6.06. The molecule has 0 bridgehead atoms. The number of carbonyl (C=O) groups excluding carboxylic acids is 1. The normalized spacial score (nSPS) is 20.3. The third kappa shape index (κ3) is 3.14. The molecule has 1 saturated heterocycles. The van der Waals surface area contributed by atoms with E-state index in [0.717, 1.165) is 34.7 Å². The molecule has 6 nitrogen and oxygen atoms in total. The van der Waals surface area contributed by atoms with Gasteiger partial charge in [0.2, 0.25) is 0 Å². The first-order valence-corrected chi connectivity index (χ1v) is 9.76. The van der Waals surface area contributed by atoms with Crippen molar-refractivity contribution in [2.24, 2.45) is 5.92 Å². The highest BCUT2D eigenvalue weighted by atomic mass is 32.1. The first-order valence-electron chi connectivity index (χ1n) is 8.88. The summed E-state index contributed by atoms with van der Waals surface area (Å²) in [5.41, 5.74) is 2.04. The van der Waals surface area contributed by atoms with Crippen LogP contribution in [0.5, 0.6) is 0 Å². The topological polar surface area (TPSA) is 64.3 Å². The Morgan fingerprint density at radius 1 is 1.42 bits per heavy atom. The largest absolute Gasteiger partial charge is 0.369 e. The highest BCUT2D eigenvalue weighted by Crippen LogP contribution is 2.30. The Labute approximate surface area is 156 Å². The molecule has 2 atom stereocenters. The van der Waals surface area contributed by atoms with Gasteiger partial charge in [0.15, 0.2) is 0 Å². The van der Waals surface area contributed by atoms with Gasteiger partial charge < -0.3 is 14.8 Å². The van der Waals surface area contributed by atoms with E-state index in [1.807, 2.05) is 40.9 Å². The van der Waals surface area contributed by atoms with E-state index in [4.69, 9.17) is 0 Å². The lowest BCUT2D eigenvalue weighted by Crippen LogP contribution is -2.53. The number of likely N-dealkylation sites (tertiary alicyclic amines) is 1. The molecular weight excluding hydrogens is 346 g/mol. The summed E-state index contributed by atoms with van der Waals surface area (Å²) in [5.74, 6) is 0.507. The van der Waals surface area contributed by atoms with Crippen molar-refractivity contribution in [3.63, 3.8) is 0 Å². The molecule has 0 saturated carbocycles. The molecule has 26 heavy (non-hydrogen) atoms. The van der Waals surface area contributed by atoms with Gasteiger partial charge in [-0.15, -0.1) is 11.3 Å². The van der Waals surface area contributed by atoms with Crippen molar-refractivity contribution in [3.8, 4) is 0 Å². The third-order valence-electron chi connectivity index (χ3n) is 5.27. The van der Waals surface area contributed by atoms with Gasteiger partial charge in [-0.25, -0.2) is 9.78 Å². The van der Waals surface area contributed by atoms with Crippen LogP contribution in [0.2, 0.25) is 0 Å². The molecule has 7 heteroatoms. The fourth-order valence-electron chi connectivity index (χ4n) is 3.70. The molecule has 4 heterocycles. The summed E-state index contributed by atoms with van der Waals surface area (Å²) in [6.07, 6.45) is 4.74. The maximum Gasteiger partial charge on any atom is 0.322 e. The highest BCUT2D eigenvalue weighted by Gasteiger charge is 2.32. The standard InChI is InChI=1S/C19H23N5OS/c1-13-7-10-24(19(25)22-17-4-3-11-26-17)12-16(13)23(2)15-6-9-21-18-14(15)5-8-20-18/h3-6,8-9,11,13,16H,7,10,12H2,1-2H3,(H,20,21)(H,22,25)/t13-,16?/m1/s1. The number of rotatable bonds is 3. The number of pyridine rings is 1. The number of urea groups is 1. The van der Waals surface area contributed by atoms with Crippen LogP contribution >= 0.6 is 11.3 Å². The second kappa shape index (κ2) is 6.99. The number of likely N-dealkylation sites (N-methyl/N-ethyl adjacent to an activating group) is 1. The molecule has 136 valence electrons. The highest BCUT2D eigenvalue weighted by molar-refractivity contribution is 7.14. The number of fused-ring (bicyclic) bond motifs is 1. The minimum absolute atomic E-state index is 0.0146. The Morgan fingerprint density at radius 3 is 3.12 bits per heavy atom. The molecule has 3 aromatic rings. The van der Waals surface area contributed by atoms with Crippen molar-refractivity contribution in [1.82, 2.24) is 14.9 Å². The zero-order valence-electron chi connectivity index (χ0n) is 15.0. The van der Waals surface area contributed by atoms with E-state index < -0.39 is 0 Å². The first-order chi connectivity index (χ1) is 12.6. The predicted octanol–water partition coefficient (Wildman–Crippen LogP) is 4.00. The Kier molecular flexibility index (Phi) is 4.55. The number of hydrogen-bond acceptors (Lipinski definition) is 4. The molecule has 2 amide bonds. The number of piperidine rings is 1. The van der Waals surface area contributed by atoms with Crippen molar-refractivity contribution < 1.29 is 4.79 Å². The fourth-order valence-corrected chi connectivity index (χ4v) is 4.31. The lowest BCUT2D eigenvalue weighted by molar-refractivity contribution is 0.172. The van der Waals surface area contributed by atoms with Crippen molar-refractivity contribution in [2.45, 2.75) is 19.4 Å². The molecule has 1 aliphatic heterocycles. The molecule has 0 aromatic carbocycles. The van der Waals surface area contributed by atoms with E-state index in [1.54, 1.807) is 11.3 Å². The fraction of sp³-hybridized carbons (Fsp3) is 0.368. The van der Waals surface area contributed by atoms with E-state index in [-0.39, 0.29) is 12.1 Å². The number of hydrogen-bond donors (Lipinski definition) is 2. The number of carbonyl (C=O) groups is 1. The van der Waals surface area contributed by atoms with Gasteiger partial charge >= 0.3 is 6.03 Å². The summed E-state index contributed by atoms with van der Waals surface area (Å²) < 4.78 is 0. The molecule has 0 spiro atoms. The second-order valence-corrected chi connectivity index (χ2v) is 7.82. The number of amides is 2. The summed E-state index contributed by atoms with van der Waals surface area (Å²) in [4.78, 5) is 24.4. The van der Waals surface area contributed by atoms with Gasteiger partial charge in [0.05, 0.1) is 5.00 Å². The van der Waals surface area contributed by atoms with Gasteiger partial charge in [-0.2, -0.15) is 0 Å². The lowest BCUT2D eigenvalue weighted by Gasteiger charge is -2.42. The maximum atomic E-state index is 12.6. The molecule has 4 rings (SSSR count). The van der Waals surface area contributed by atoms with E-state index in [2.05, 4.69) is 40.2 Å². The summed E-state index contributed by atoms with van der Waals surface area (Å²) in [7, 11) is 2.11. The SMILES string of the molecule is C[C@@H]1CCN(C(=O)Nc2cccs2)CC1N(C)c1ccnc2[nH]ccc12. The minimum Gasteiger partial charge on any atom is -0.369 e. The van der Waals surface area contributed by atoms with E-state index in [0.29, 0.717) is 12.5 Å². The van der Waals surface area contributed by atoms with Crippen LogP contribution in [0.3, 0.4) is 0 Å². The Bertz CT molecular complexity index is 890. The summed E-state index contributed by atoms with van der Waals surface area (Å²) in [5, 5.41) is 6.98. The molecule has 2 N–H and O–H groups in total. The van der Waals surface area contributed by atoms with Crippen LogP contribution in [0.15, 0.2) is 42.0 Å². The van der Waals surface area contributed by atoms with Crippen LogP contribution < -0.4 is 10.2 Å². The average Bonchev–Trinajstić information content (AvgIpc) is 3.32. The molecule has 1 aliphatic rings. The Hall–Kier alpha value is -2.54. The smallest absolute Gasteiger partial charge is 0.322 e. The van der Waals surface area contributed by atoms with Gasteiger partial charge in [-0.05, 0) is 42.0 Å². The monoisotopic (exact) mass is 369 g/mol. The van der Waals surface area contributed by atoms with E-state index >= 15 is 0 Å². The van der Waals surface area contributed by atoms with Gasteiger partial charge in [0.25, 0.3) is 0 Å². The summed E-state index contributed by atoms with van der Waals surface area (Å²) in [6, 6.07) is 8.23. The number of nitrogens with one attached hydrogen (secondary N) is 2. The van der Waals surface area contributed by atoms with Crippen molar-refractivity contribution in [3.05, 3.63) is 42.0 Å².